The summed E-state index contributed by atoms with van der Waals surface area (Å²) in [5, 5.41) is 0. The number of ether oxygens (including phenoxy) is 1. The molecule has 4 nitrogen and oxygen atoms in total. The molecule has 2 fully saturated rings. The van der Waals surface area contributed by atoms with Crippen LogP contribution in [-0.2, 0) is 9.59 Å². The van der Waals surface area contributed by atoms with Crippen LogP contribution in [0.2, 0.25) is 0 Å². The molecule has 0 N–H and O–H groups in total. The number of carbonyl (C=O) groups excluding carboxylic acids is 2. The van der Waals surface area contributed by atoms with Gasteiger partial charge in [0.2, 0.25) is 11.8 Å². The maximum Gasteiger partial charge on any atom is 0.237 e. The molecule has 2 aliphatic rings. The molecule has 2 amide bonds. The lowest BCUT2D eigenvalue weighted by Gasteiger charge is -2.29. The molecule has 0 radical (unpaired) electrons. The number of amides is 2. The second-order valence-electron chi connectivity index (χ2n) is 7.14. The normalized spacial score (nSPS) is 27.6. The van der Waals surface area contributed by atoms with Crippen molar-refractivity contribution in [1.29, 1.82) is 0 Å². The summed E-state index contributed by atoms with van der Waals surface area (Å²) in [7, 11) is 0. The molecule has 0 spiro atoms. The Morgan fingerprint density at radius 3 is 1.74 bits per heavy atom. The highest BCUT2D eigenvalue weighted by Gasteiger charge is 2.52. The van der Waals surface area contributed by atoms with Crippen molar-refractivity contribution in [1.82, 2.24) is 0 Å². The van der Waals surface area contributed by atoms with Crippen molar-refractivity contribution >= 4 is 49.4 Å². The van der Waals surface area contributed by atoms with Crippen LogP contribution in [0.25, 0.3) is 0 Å². The highest BCUT2D eigenvalue weighted by atomic mass is 79.9. The molecule has 1 aliphatic carbocycles. The van der Waals surface area contributed by atoms with Crippen LogP contribution in [0.1, 0.15) is 18.4 Å². The molecule has 1 aliphatic heterocycles. The van der Waals surface area contributed by atoms with Gasteiger partial charge in [-0.25, -0.2) is 0 Å². The number of hydrogen-bond donors (Lipinski definition) is 0. The fourth-order valence-electron chi connectivity index (χ4n) is 3.76. The van der Waals surface area contributed by atoms with E-state index in [1.807, 2.05) is 31.2 Å². The van der Waals surface area contributed by atoms with Crippen LogP contribution in [0.5, 0.6) is 11.5 Å². The molecule has 4 atom stereocenters. The van der Waals surface area contributed by atoms with Crippen LogP contribution >= 0.6 is 31.9 Å². The maximum atomic E-state index is 12.8. The Morgan fingerprint density at radius 2 is 1.26 bits per heavy atom. The Labute approximate surface area is 175 Å². The number of imide groups is 1. The van der Waals surface area contributed by atoms with Gasteiger partial charge in [-0.1, -0.05) is 49.6 Å². The second-order valence-corrected chi connectivity index (χ2v) is 9.49. The predicted octanol–water partition coefficient (Wildman–Crippen LogP) is 5.21. The van der Waals surface area contributed by atoms with Crippen molar-refractivity contribution in [3.63, 3.8) is 0 Å². The number of anilines is 1. The monoisotopic (exact) mass is 491 g/mol. The van der Waals surface area contributed by atoms with E-state index in [0.29, 0.717) is 24.3 Å². The lowest BCUT2D eigenvalue weighted by Crippen LogP contribution is -2.34. The minimum atomic E-state index is -0.237. The van der Waals surface area contributed by atoms with Crippen molar-refractivity contribution in [2.45, 2.75) is 29.4 Å². The SMILES string of the molecule is Cc1ccc(Oc2ccc(N3C(=O)[C@H]4C[C@@H](Br)[C@@H](Br)C[C@H]4C3=O)cc2)cc1. The van der Waals surface area contributed by atoms with Crippen molar-refractivity contribution in [3.8, 4) is 11.5 Å². The predicted molar refractivity (Wildman–Crippen MR) is 112 cm³/mol. The standard InChI is InChI=1S/C21H19Br2NO3/c1-12-2-6-14(7-3-12)27-15-8-4-13(5-9-15)24-20(25)16-10-18(22)19(23)11-17(16)21(24)26/h2-9,16-19H,10-11H2,1H3/t16-,17+,18+,19-. The van der Waals surface area contributed by atoms with Gasteiger partial charge in [-0.2, -0.15) is 0 Å². The Balaban J connectivity index is 1.52. The van der Waals surface area contributed by atoms with E-state index in [9.17, 15) is 9.59 Å². The van der Waals surface area contributed by atoms with Crippen LogP contribution in [0.4, 0.5) is 5.69 Å². The van der Waals surface area contributed by atoms with Gasteiger partial charge in [-0.3, -0.25) is 14.5 Å². The van der Waals surface area contributed by atoms with E-state index < -0.39 is 0 Å². The van der Waals surface area contributed by atoms with Crippen LogP contribution in [0.3, 0.4) is 0 Å². The zero-order chi connectivity index (χ0) is 19.1. The maximum absolute atomic E-state index is 12.8. The number of rotatable bonds is 3. The fraction of sp³-hybridized carbons (Fsp3) is 0.333. The Hall–Kier alpha value is -1.66. The molecule has 2 aromatic rings. The number of aryl methyl sites for hydroxylation is 1. The first-order valence-electron chi connectivity index (χ1n) is 8.94. The third kappa shape index (κ3) is 3.57. The van der Waals surface area contributed by atoms with E-state index in [4.69, 9.17) is 4.74 Å². The molecular formula is C21H19Br2NO3. The highest BCUT2D eigenvalue weighted by molar-refractivity contribution is 9.12. The van der Waals surface area contributed by atoms with Crippen molar-refractivity contribution in [2.75, 3.05) is 4.90 Å². The first kappa shape index (κ1) is 18.7. The third-order valence-corrected chi connectivity index (χ3v) is 8.00. The van der Waals surface area contributed by atoms with E-state index in [-0.39, 0.29) is 33.3 Å². The average molecular weight is 493 g/mol. The summed E-state index contributed by atoms with van der Waals surface area (Å²) in [6.07, 6.45) is 1.35. The molecule has 6 heteroatoms. The summed E-state index contributed by atoms with van der Waals surface area (Å²) in [4.78, 5) is 27.5. The molecule has 1 heterocycles. The van der Waals surface area contributed by atoms with Crippen molar-refractivity contribution < 1.29 is 14.3 Å². The van der Waals surface area contributed by atoms with E-state index >= 15 is 0 Å². The van der Waals surface area contributed by atoms with E-state index in [1.54, 1.807) is 24.3 Å². The first-order valence-corrected chi connectivity index (χ1v) is 10.8. The number of hydrogen-bond acceptors (Lipinski definition) is 3. The highest BCUT2D eigenvalue weighted by Crippen LogP contribution is 2.44. The Bertz CT molecular complexity index is 838. The van der Waals surface area contributed by atoms with Gasteiger partial charge in [0.25, 0.3) is 0 Å². The van der Waals surface area contributed by atoms with Gasteiger partial charge < -0.3 is 4.74 Å². The molecule has 1 saturated carbocycles. The summed E-state index contributed by atoms with van der Waals surface area (Å²) in [5.74, 6) is 0.750. The summed E-state index contributed by atoms with van der Waals surface area (Å²) in [6.45, 7) is 2.02. The summed E-state index contributed by atoms with van der Waals surface area (Å²) in [5.41, 5.74) is 1.77. The number of halogens is 2. The van der Waals surface area contributed by atoms with E-state index in [0.717, 1.165) is 5.75 Å². The number of carbonyl (C=O) groups is 2. The van der Waals surface area contributed by atoms with Crippen molar-refractivity contribution in [3.05, 3.63) is 54.1 Å². The van der Waals surface area contributed by atoms with Crippen LogP contribution in [-0.4, -0.2) is 21.5 Å². The largest absolute Gasteiger partial charge is 0.457 e. The van der Waals surface area contributed by atoms with Gasteiger partial charge in [0.15, 0.2) is 0 Å². The van der Waals surface area contributed by atoms with Gasteiger partial charge in [-0.05, 0) is 56.2 Å². The van der Waals surface area contributed by atoms with Crippen LogP contribution < -0.4 is 9.64 Å². The van der Waals surface area contributed by atoms with Gasteiger partial charge >= 0.3 is 0 Å². The van der Waals surface area contributed by atoms with Gasteiger partial charge in [0, 0.05) is 9.65 Å². The van der Waals surface area contributed by atoms with Gasteiger partial charge in [0.1, 0.15) is 11.5 Å². The van der Waals surface area contributed by atoms with Crippen LogP contribution in [0, 0.1) is 18.8 Å². The number of nitrogens with zero attached hydrogens (tertiary/aromatic N) is 1. The minimum Gasteiger partial charge on any atom is -0.457 e. The molecule has 0 unspecified atom stereocenters. The van der Waals surface area contributed by atoms with E-state index in [1.165, 1.54) is 10.5 Å². The summed E-state index contributed by atoms with van der Waals surface area (Å²) < 4.78 is 5.83. The fourth-order valence-corrected chi connectivity index (χ4v) is 4.99. The molecule has 0 aromatic heterocycles. The Morgan fingerprint density at radius 1 is 0.815 bits per heavy atom. The molecule has 0 bridgehead atoms. The average Bonchev–Trinajstić information content (AvgIpc) is 2.89. The number of fused-ring (bicyclic) bond motifs is 1. The number of benzene rings is 2. The zero-order valence-electron chi connectivity index (χ0n) is 14.8. The van der Waals surface area contributed by atoms with Gasteiger partial charge in [0.05, 0.1) is 17.5 Å². The lowest BCUT2D eigenvalue weighted by molar-refractivity contribution is -0.122. The third-order valence-electron chi connectivity index (χ3n) is 5.26. The topological polar surface area (TPSA) is 46.6 Å². The molecular weight excluding hydrogens is 474 g/mol. The minimum absolute atomic E-state index is 0.0962. The molecule has 4 rings (SSSR count). The summed E-state index contributed by atoms with van der Waals surface area (Å²) in [6, 6.07) is 14.9. The number of alkyl halides is 2. The van der Waals surface area contributed by atoms with Crippen molar-refractivity contribution in [2.24, 2.45) is 11.8 Å². The summed E-state index contributed by atoms with van der Waals surface area (Å²) >= 11 is 7.23. The smallest absolute Gasteiger partial charge is 0.237 e. The quantitative estimate of drug-likeness (QED) is 0.436. The van der Waals surface area contributed by atoms with E-state index in [2.05, 4.69) is 31.9 Å². The molecule has 140 valence electrons. The molecule has 1 saturated heterocycles. The second kappa shape index (κ2) is 7.40. The zero-order valence-corrected chi connectivity index (χ0v) is 17.9. The molecule has 2 aromatic carbocycles. The lowest BCUT2D eigenvalue weighted by atomic mass is 9.81. The Kier molecular flexibility index (Phi) is 5.12. The van der Waals surface area contributed by atoms with Gasteiger partial charge in [-0.15, -0.1) is 0 Å². The first-order chi connectivity index (χ1) is 12.9. The van der Waals surface area contributed by atoms with Crippen LogP contribution in [0.15, 0.2) is 48.5 Å². The molecule has 27 heavy (non-hydrogen) atoms.